The number of ether oxygens (including phenoxy) is 4. The molecule has 10 atom stereocenters. The molecule has 2 aliphatic heterocycles. The van der Waals surface area contributed by atoms with Gasteiger partial charge in [-0.3, -0.25) is 0 Å². The number of aliphatic hydroxyl groups excluding tert-OH is 7. The highest BCUT2D eigenvalue weighted by atomic mass is 16.8. The topological polar surface area (TPSA) is 179 Å². The zero-order valence-corrected chi connectivity index (χ0v) is 13.0. The minimum atomic E-state index is -1.68. The summed E-state index contributed by atoms with van der Waals surface area (Å²) in [4.78, 5) is 0. The lowest BCUT2D eigenvalue weighted by Crippen LogP contribution is -2.64. The summed E-state index contributed by atoms with van der Waals surface area (Å²) < 4.78 is 20.8. The molecule has 2 aliphatic rings. The highest BCUT2D eigenvalue weighted by Gasteiger charge is 2.50. The van der Waals surface area contributed by atoms with E-state index in [4.69, 9.17) is 29.2 Å². The van der Waals surface area contributed by atoms with Crippen LogP contribution in [0, 0.1) is 0 Å². The molecule has 0 radical (unpaired) electrons. The largest absolute Gasteiger partial charge is 0.394 e. The summed E-state index contributed by atoms with van der Waals surface area (Å²) in [7, 11) is 1.24. The van der Waals surface area contributed by atoms with Crippen molar-refractivity contribution in [2.75, 3.05) is 20.3 Å². The van der Waals surface area contributed by atoms with Gasteiger partial charge in [0, 0.05) is 7.11 Å². The number of methoxy groups -OCH3 is 1. The maximum atomic E-state index is 10.2. The molecule has 0 aromatic carbocycles. The van der Waals surface area contributed by atoms with Crippen LogP contribution in [0.3, 0.4) is 0 Å². The predicted octanol–water partition coefficient (Wildman–Crippen LogP) is -4.74. The van der Waals surface area contributed by atoms with Gasteiger partial charge in [-0.05, 0) is 0 Å². The van der Waals surface area contributed by atoms with Gasteiger partial charge in [0.15, 0.2) is 12.6 Å². The second-order valence-corrected chi connectivity index (χ2v) is 5.74. The Balaban J connectivity index is 2.12. The number of hydrogen-bond acceptors (Lipinski definition) is 11. The van der Waals surface area contributed by atoms with Gasteiger partial charge in [-0.2, -0.15) is 0 Å². The second kappa shape index (κ2) is 8.29. The fraction of sp³-hybridized carbons (Fsp3) is 1.00. The number of aliphatic hydroxyl groups is 7. The van der Waals surface area contributed by atoms with E-state index < -0.39 is 74.6 Å². The summed E-state index contributed by atoms with van der Waals surface area (Å²) in [6, 6.07) is 0. The van der Waals surface area contributed by atoms with Gasteiger partial charge in [-0.1, -0.05) is 0 Å². The lowest BCUT2D eigenvalue weighted by molar-refractivity contribution is -0.364. The molecule has 142 valence electrons. The van der Waals surface area contributed by atoms with Crippen molar-refractivity contribution < 1.29 is 54.7 Å². The van der Waals surface area contributed by atoms with Crippen molar-refractivity contribution in [3.05, 3.63) is 0 Å². The van der Waals surface area contributed by atoms with Crippen LogP contribution in [0.4, 0.5) is 0 Å². The average Bonchev–Trinajstić information content (AvgIpc) is 2.59. The van der Waals surface area contributed by atoms with Crippen molar-refractivity contribution in [1.29, 1.82) is 0 Å². The lowest BCUT2D eigenvalue weighted by atomic mass is 9.97. The van der Waals surface area contributed by atoms with Gasteiger partial charge in [0.1, 0.15) is 48.8 Å². The number of rotatable bonds is 5. The SMILES string of the molecule is CO[C@H]1O[C@@H](CO)[C@H](O)[C@@H](O)[C@@H]1O[C@@H]1O[C@H](CO)[C@H](O)[C@@H](O)[C@@H]1O. The molecular formula is C13H24O11. The van der Waals surface area contributed by atoms with Gasteiger partial charge in [0.25, 0.3) is 0 Å². The molecule has 2 rings (SSSR count). The molecular weight excluding hydrogens is 332 g/mol. The molecule has 2 saturated heterocycles. The summed E-state index contributed by atoms with van der Waals surface area (Å²) in [5.41, 5.74) is 0. The Bertz CT molecular complexity index is 392. The first-order valence-electron chi connectivity index (χ1n) is 7.46. The molecule has 2 fully saturated rings. The fourth-order valence-electron chi connectivity index (χ4n) is 2.73. The molecule has 2 heterocycles. The van der Waals surface area contributed by atoms with E-state index in [1.54, 1.807) is 0 Å². The van der Waals surface area contributed by atoms with Crippen molar-refractivity contribution in [2.45, 2.75) is 61.4 Å². The maximum absolute atomic E-state index is 10.2. The molecule has 0 bridgehead atoms. The molecule has 0 aromatic rings. The minimum Gasteiger partial charge on any atom is -0.394 e. The minimum absolute atomic E-state index is 0.565. The van der Waals surface area contributed by atoms with Crippen LogP contribution in [0.15, 0.2) is 0 Å². The van der Waals surface area contributed by atoms with Crippen LogP contribution in [-0.2, 0) is 18.9 Å². The van der Waals surface area contributed by atoms with E-state index >= 15 is 0 Å². The molecule has 11 nitrogen and oxygen atoms in total. The van der Waals surface area contributed by atoms with E-state index in [9.17, 15) is 25.5 Å². The van der Waals surface area contributed by atoms with Crippen LogP contribution in [0.2, 0.25) is 0 Å². The van der Waals surface area contributed by atoms with Gasteiger partial charge in [0.2, 0.25) is 0 Å². The molecule has 0 spiro atoms. The van der Waals surface area contributed by atoms with Crippen molar-refractivity contribution in [1.82, 2.24) is 0 Å². The molecule has 0 saturated carbocycles. The Kier molecular flexibility index (Phi) is 6.87. The molecule has 0 aromatic heterocycles. The monoisotopic (exact) mass is 356 g/mol. The van der Waals surface area contributed by atoms with E-state index in [2.05, 4.69) is 0 Å². The van der Waals surface area contributed by atoms with Gasteiger partial charge in [-0.15, -0.1) is 0 Å². The highest BCUT2D eigenvalue weighted by molar-refractivity contribution is 4.93. The third-order valence-electron chi connectivity index (χ3n) is 4.20. The molecule has 0 aliphatic carbocycles. The van der Waals surface area contributed by atoms with Crippen molar-refractivity contribution >= 4 is 0 Å². The number of hydrogen-bond donors (Lipinski definition) is 7. The Morgan fingerprint density at radius 1 is 0.708 bits per heavy atom. The van der Waals surface area contributed by atoms with Crippen molar-refractivity contribution in [3.63, 3.8) is 0 Å². The Morgan fingerprint density at radius 3 is 1.71 bits per heavy atom. The van der Waals surface area contributed by atoms with Gasteiger partial charge in [-0.25, -0.2) is 0 Å². The van der Waals surface area contributed by atoms with E-state index in [1.165, 1.54) is 7.11 Å². The summed E-state index contributed by atoms with van der Waals surface area (Å²) in [5, 5.41) is 67.8. The predicted molar refractivity (Wildman–Crippen MR) is 73.4 cm³/mol. The first kappa shape index (κ1) is 19.9. The van der Waals surface area contributed by atoms with Gasteiger partial charge >= 0.3 is 0 Å². The highest BCUT2D eigenvalue weighted by Crippen LogP contribution is 2.29. The summed E-state index contributed by atoms with van der Waals surface area (Å²) in [6.07, 6.45) is -14.3. The van der Waals surface area contributed by atoms with Crippen molar-refractivity contribution in [2.24, 2.45) is 0 Å². The third kappa shape index (κ3) is 3.71. The Morgan fingerprint density at radius 2 is 1.21 bits per heavy atom. The first-order chi connectivity index (χ1) is 11.3. The molecule has 11 heteroatoms. The van der Waals surface area contributed by atoms with Crippen molar-refractivity contribution in [3.8, 4) is 0 Å². The Hall–Kier alpha value is -0.440. The van der Waals surface area contributed by atoms with E-state index in [0.29, 0.717) is 0 Å². The van der Waals surface area contributed by atoms with E-state index in [1.807, 2.05) is 0 Å². The van der Waals surface area contributed by atoms with E-state index in [0.717, 1.165) is 0 Å². The van der Waals surface area contributed by atoms with Crippen LogP contribution in [0.1, 0.15) is 0 Å². The average molecular weight is 356 g/mol. The molecule has 7 N–H and O–H groups in total. The van der Waals surface area contributed by atoms with Crippen LogP contribution in [0.25, 0.3) is 0 Å². The normalized spacial score (nSPS) is 50.0. The summed E-state index contributed by atoms with van der Waals surface area (Å²) >= 11 is 0. The maximum Gasteiger partial charge on any atom is 0.187 e. The summed E-state index contributed by atoms with van der Waals surface area (Å²) in [5.74, 6) is 0. The lowest BCUT2D eigenvalue weighted by Gasteiger charge is -2.45. The van der Waals surface area contributed by atoms with Crippen LogP contribution >= 0.6 is 0 Å². The van der Waals surface area contributed by atoms with E-state index in [-0.39, 0.29) is 0 Å². The molecule has 0 unspecified atom stereocenters. The fourth-order valence-corrected chi connectivity index (χ4v) is 2.73. The second-order valence-electron chi connectivity index (χ2n) is 5.74. The van der Waals surface area contributed by atoms with Gasteiger partial charge < -0.3 is 54.7 Å². The zero-order chi connectivity index (χ0) is 18.0. The first-order valence-corrected chi connectivity index (χ1v) is 7.46. The zero-order valence-electron chi connectivity index (χ0n) is 13.0. The van der Waals surface area contributed by atoms with Crippen LogP contribution in [-0.4, -0.2) is 117 Å². The quantitative estimate of drug-likeness (QED) is 0.251. The molecule has 0 amide bonds. The Labute approximate surface area is 137 Å². The third-order valence-corrected chi connectivity index (χ3v) is 4.20. The van der Waals surface area contributed by atoms with Gasteiger partial charge in [0.05, 0.1) is 13.2 Å². The standard InChI is InChI=1S/C13H24O11/c1-21-13-11(9(19)7(17)5(3-15)23-13)24-12-10(20)8(18)6(16)4(2-14)22-12/h4-20H,2-3H2,1H3/t4-,5+,6+,7+,8-,9-,10+,11+,12+,13+/m1/s1. The smallest absolute Gasteiger partial charge is 0.187 e. The van der Waals surface area contributed by atoms with Crippen LogP contribution in [0.5, 0.6) is 0 Å². The van der Waals surface area contributed by atoms with Crippen LogP contribution < -0.4 is 0 Å². The molecule has 24 heavy (non-hydrogen) atoms. The summed E-state index contributed by atoms with van der Waals surface area (Å²) in [6.45, 7) is -1.21.